The second-order valence-electron chi connectivity index (χ2n) is 7.70. The third kappa shape index (κ3) is 3.23. The maximum atomic E-state index is 13.4. The molecule has 0 radical (unpaired) electrons. The molecule has 152 valence electrons. The average molecular weight is 421 g/mol. The van der Waals surface area contributed by atoms with Gasteiger partial charge in [-0.3, -0.25) is 9.78 Å². The minimum Gasteiger partial charge on any atom is -0.508 e. The van der Waals surface area contributed by atoms with E-state index in [4.69, 9.17) is 11.6 Å². The molecule has 4 atom stereocenters. The number of amides is 1. The molecule has 4 unspecified atom stereocenters. The van der Waals surface area contributed by atoms with E-state index in [9.17, 15) is 9.90 Å². The van der Waals surface area contributed by atoms with E-state index in [1.807, 2.05) is 53.4 Å². The highest BCUT2D eigenvalue weighted by atomic mass is 35.5. The number of hydrogen-bond donors (Lipinski definition) is 3. The van der Waals surface area contributed by atoms with Crippen molar-refractivity contribution in [2.24, 2.45) is 5.92 Å². The van der Waals surface area contributed by atoms with Crippen LogP contribution in [0, 0.1) is 5.92 Å². The molecule has 30 heavy (non-hydrogen) atoms. The van der Waals surface area contributed by atoms with Crippen molar-refractivity contribution >= 4 is 17.5 Å². The fourth-order valence-corrected chi connectivity index (χ4v) is 4.87. The number of aromatic hydroxyl groups is 1. The van der Waals surface area contributed by atoms with Crippen molar-refractivity contribution in [1.29, 1.82) is 0 Å². The van der Waals surface area contributed by atoms with E-state index in [0.717, 1.165) is 16.7 Å². The van der Waals surface area contributed by atoms with Gasteiger partial charge in [-0.2, -0.15) is 0 Å². The highest BCUT2D eigenvalue weighted by molar-refractivity contribution is 6.30. The van der Waals surface area contributed by atoms with Gasteiger partial charge in [0.1, 0.15) is 11.8 Å². The van der Waals surface area contributed by atoms with Gasteiger partial charge in [0, 0.05) is 35.4 Å². The van der Waals surface area contributed by atoms with Gasteiger partial charge in [0.25, 0.3) is 0 Å². The van der Waals surface area contributed by atoms with Crippen molar-refractivity contribution in [2.45, 2.75) is 24.7 Å². The van der Waals surface area contributed by atoms with Crippen molar-refractivity contribution in [3.05, 3.63) is 94.8 Å². The molecule has 2 aliphatic rings. The number of phenols is 1. The predicted octanol–water partition coefficient (Wildman–Crippen LogP) is 3.36. The van der Waals surface area contributed by atoms with Crippen LogP contribution in [0.3, 0.4) is 0 Å². The van der Waals surface area contributed by atoms with Crippen LogP contribution in [0.25, 0.3) is 0 Å². The Bertz CT molecular complexity index is 1080. The van der Waals surface area contributed by atoms with Crippen LogP contribution in [0.2, 0.25) is 5.02 Å². The van der Waals surface area contributed by atoms with Gasteiger partial charge in [0.2, 0.25) is 5.91 Å². The summed E-state index contributed by atoms with van der Waals surface area (Å²) in [5, 5.41) is 11.1. The fraction of sp³-hybridized carbons (Fsp3) is 0.217. The number of aromatic nitrogens is 1. The number of nitrogens with one attached hydrogen (secondary N) is 2. The van der Waals surface area contributed by atoms with Crippen LogP contribution in [0.15, 0.2) is 73.1 Å². The SMILES string of the molecule is O=C1C2NNC(c3ccccc3O)C2C(c2cccc(Cl)c2)N1Cc1ccncc1. The summed E-state index contributed by atoms with van der Waals surface area (Å²) < 4.78 is 0. The van der Waals surface area contributed by atoms with Crippen LogP contribution in [0.1, 0.15) is 28.8 Å². The minimum atomic E-state index is -0.402. The zero-order valence-corrected chi connectivity index (χ0v) is 16.8. The van der Waals surface area contributed by atoms with Gasteiger partial charge in [0.05, 0.1) is 12.1 Å². The molecule has 5 rings (SSSR count). The third-order valence-corrected chi connectivity index (χ3v) is 6.21. The summed E-state index contributed by atoms with van der Waals surface area (Å²) in [4.78, 5) is 19.4. The van der Waals surface area contributed by atoms with Crippen LogP contribution >= 0.6 is 11.6 Å². The normalized spacial score (nSPS) is 25.5. The number of benzene rings is 2. The molecule has 0 aliphatic carbocycles. The molecule has 0 saturated carbocycles. The van der Waals surface area contributed by atoms with Crippen molar-refractivity contribution < 1.29 is 9.90 Å². The first kappa shape index (κ1) is 19.1. The number of halogens is 1. The summed E-state index contributed by atoms with van der Waals surface area (Å²) in [6.45, 7) is 0.473. The smallest absolute Gasteiger partial charge is 0.242 e. The predicted molar refractivity (Wildman–Crippen MR) is 113 cm³/mol. The first-order chi connectivity index (χ1) is 14.6. The number of nitrogens with zero attached hydrogens (tertiary/aromatic N) is 2. The van der Waals surface area contributed by atoms with Crippen LogP contribution < -0.4 is 10.9 Å². The Morgan fingerprint density at radius 3 is 2.53 bits per heavy atom. The van der Waals surface area contributed by atoms with E-state index in [1.54, 1.807) is 24.5 Å². The van der Waals surface area contributed by atoms with Crippen molar-refractivity contribution in [1.82, 2.24) is 20.7 Å². The number of hydrogen-bond acceptors (Lipinski definition) is 5. The second kappa shape index (κ2) is 7.72. The Hall–Kier alpha value is -2.93. The van der Waals surface area contributed by atoms with E-state index in [1.165, 1.54) is 0 Å². The molecule has 7 heteroatoms. The van der Waals surface area contributed by atoms with Gasteiger partial charge >= 0.3 is 0 Å². The lowest BCUT2D eigenvalue weighted by molar-refractivity contribution is -0.131. The number of carbonyl (C=O) groups excluding carboxylic acids is 1. The standard InChI is InChI=1S/C23H21ClN4O2/c24-16-5-3-4-15(12-16)22-19-20(17-6-1-2-7-18(17)29)26-27-21(19)23(30)28(22)13-14-8-10-25-11-9-14/h1-12,19-22,26-27,29H,13H2. The Kier molecular flexibility index (Phi) is 4.90. The topological polar surface area (TPSA) is 77.5 Å². The lowest BCUT2D eigenvalue weighted by atomic mass is 9.83. The molecule has 0 bridgehead atoms. The van der Waals surface area contributed by atoms with Crippen molar-refractivity contribution in [2.75, 3.05) is 0 Å². The zero-order valence-electron chi connectivity index (χ0n) is 16.1. The average Bonchev–Trinajstić information content (AvgIpc) is 3.29. The van der Waals surface area contributed by atoms with E-state index < -0.39 is 6.04 Å². The maximum Gasteiger partial charge on any atom is 0.242 e. The maximum absolute atomic E-state index is 13.4. The fourth-order valence-electron chi connectivity index (χ4n) is 4.67. The number of para-hydroxylation sites is 1. The van der Waals surface area contributed by atoms with E-state index in [2.05, 4.69) is 15.8 Å². The first-order valence-corrected chi connectivity index (χ1v) is 10.2. The number of likely N-dealkylation sites (tertiary alicyclic amines) is 1. The molecule has 3 aromatic rings. The largest absolute Gasteiger partial charge is 0.508 e. The summed E-state index contributed by atoms with van der Waals surface area (Å²) in [6, 6.07) is 17.9. The third-order valence-electron chi connectivity index (χ3n) is 5.98. The van der Waals surface area contributed by atoms with E-state index in [-0.39, 0.29) is 29.7 Å². The number of carbonyl (C=O) groups is 1. The molecule has 0 spiro atoms. The Labute approximate surface area is 179 Å². The van der Waals surface area contributed by atoms with Gasteiger partial charge in [-0.05, 0) is 41.5 Å². The number of fused-ring (bicyclic) bond motifs is 1. The second-order valence-corrected chi connectivity index (χ2v) is 8.14. The minimum absolute atomic E-state index is 0.0206. The van der Waals surface area contributed by atoms with Crippen molar-refractivity contribution in [3.8, 4) is 5.75 Å². The van der Waals surface area contributed by atoms with Crippen LogP contribution in [0.4, 0.5) is 0 Å². The monoisotopic (exact) mass is 420 g/mol. The molecule has 3 N–H and O–H groups in total. The number of rotatable bonds is 4. The Morgan fingerprint density at radius 2 is 1.77 bits per heavy atom. The van der Waals surface area contributed by atoms with Crippen LogP contribution in [-0.2, 0) is 11.3 Å². The van der Waals surface area contributed by atoms with E-state index >= 15 is 0 Å². The van der Waals surface area contributed by atoms with E-state index in [0.29, 0.717) is 11.6 Å². The van der Waals surface area contributed by atoms with Crippen LogP contribution in [0.5, 0.6) is 5.75 Å². The van der Waals surface area contributed by atoms with Gasteiger partial charge in [-0.25, -0.2) is 10.9 Å². The summed E-state index contributed by atoms with van der Waals surface area (Å²) in [5.41, 5.74) is 9.17. The zero-order chi connectivity index (χ0) is 20.7. The highest BCUT2D eigenvalue weighted by Crippen LogP contribution is 2.49. The van der Waals surface area contributed by atoms with Crippen molar-refractivity contribution in [3.63, 3.8) is 0 Å². The molecule has 2 fully saturated rings. The summed E-state index contributed by atoms with van der Waals surface area (Å²) in [5.74, 6) is 0.112. The van der Waals surface area contributed by atoms with Gasteiger partial charge in [-0.1, -0.05) is 41.9 Å². The van der Waals surface area contributed by atoms with Gasteiger partial charge in [-0.15, -0.1) is 0 Å². The van der Waals surface area contributed by atoms with Gasteiger partial charge in [0.15, 0.2) is 0 Å². The molecule has 6 nitrogen and oxygen atoms in total. The summed E-state index contributed by atoms with van der Waals surface area (Å²) in [7, 11) is 0. The lowest BCUT2D eigenvalue weighted by Gasteiger charge is -2.31. The first-order valence-electron chi connectivity index (χ1n) is 9.87. The number of phenolic OH excluding ortho intramolecular Hbond substituents is 1. The highest BCUT2D eigenvalue weighted by Gasteiger charge is 2.55. The summed E-state index contributed by atoms with van der Waals surface area (Å²) in [6.07, 6.45) is 3.46. The molecule has 1 amide bonds. The van der Waals surface area contributed by atoms with Crippen LogP contribution in [-0.4, -0.2) is 26.9 Å². The molecule has 1 aromatic heterocycles. The molecule has 2 aliphatic heterocycles. The molecular weight excluding hydrogens is 400 g/mol. The number of hydrazine groups is 1. The molecular formula is C23H21ClN4O2. The molecule has 3 heterocycles. The summed E-state index contributed by atoms with van der Waals surface area (Å²) >= 11 is 6.31. The van der Waals surface area contributed by atoms with Gasteiger partial charge < -0.3 is 10.0 Å². The quantitative estimate of drug-likeness (QED) is 0.603. The lowest BCUT2D eigenvalue weighted by Crippen LogP contribution is -2.41. The molecule has 2 saturated heterocycles. The Morgan fingerprint density at radius 1 is 1.00 bits per heavy atom. The Balaban J connectivity index is 1.59. The molecule has 2 aromatic carbocycles. The number of pyridine rings is 1.